The molecular weight excluding hydrogens is 575 g/mol. The highest BCUT2D eigenvalue weighted by atomic mass is 19.1. The predicted molar refractivity (Wildman–Crippen MR) is 151 cm³/mol. The number of rotatable bonds is 8. The van der Waals surface area contributed by atoms with Gasteiger partial charge in [-0.15, -0.1) is 6.42 Å². The lowest BCUT2D eigenvalue weighted by Crippen LogP contribution is -2.54. The molecule has 0 spiro atoms. The fourth-order valence-corrected chi connectivity index (χ4v) is 4.59. The Morgan fingerprint density at radius 2 is 1.39 bits per heavy atom. The maximum atomic E-state index is 14.5. The molecule has 12 heteroatoms. The molecule has 1 aromatic heterocycles. The highest BCUT2D eigenvalue weighted by Crippen LogP contribution is 2.42. The van der Waals surface area contributed by atoms with E-state index in [1.165, 1.54) is 36.4 Å². The molecule has 1 saturated heterocycles. The predicted octanol–water partition coefficient (Wildman–Crippen LogP) is 2.88. The van der Waals surface area contributed by atoms with Crippen LogP contribution in [0.25, 0.3) is 0 Å². The number of hydrogen-bond acceptors (Lipinski definition) is 9. The number of ether oxygens (including phenoxy) is 4. The summed E-state index contributed by atoms with van der Waals surface area (Å²) in [5.41, 5.74) is -4.50. The molecule has 1 fully saturated rings. The van der Waals surface area contributed by atoms with Gasteiger partial charge in [-0.3, -0.25) is 14.3 Å². The maximum absolute atomic E-state index is 14.5. The highest BCUT2D eigenvalue weighted by molar-refractivity contribution is 5.91. The van der Waals surface area contributed by atoms with Crippen LogP contribution in [0.3, 0.4) is 0 Å². The Morgan fingerprint density at radius 3 is 1.93 bits per heavy atom. The zero-order chi connectivity index (χ0) is 31.3. The summed E-state index contributed by atoms with van der Waals surface area (Å²) in [6.45, 7) is -0.656. The summed E-state index contributed by atoms with van der Waals surface area (Å²) in [7, 11) is 0. The monoisotopic (exact) mass is 598 g/mol. The van der Waals surface area contributed by atoms with Gasteiger partial charge >= 0.3 is 23.6 Å². The van der Waals surface area contributed by atoms with Gasteiger partial charge in [0.2, 0.25) is 17.5 Å². The molecule has 1 N–H and O–H groups in total. The topological polar surface area (TPSA) is 143 Å². The average Bonchev–Trinajstić information content (AvgIpc) is 3.34. The van der Waals surface area contributed by atoms with E-state index in [2.05, 4.69) is 5.92 Å². The van der Waals surface area contributed by atoms with Gasteiger partial charge in [-0.2, -0.15) is 4.39 Å². The summed E-state index contributed by atoms with van der Waals surface area (Å²) in [6.07, 6.45) is 1.37. The Hall–Kier alpha value is -5.80. The summed E-state index contributed by atoms with van der Waals surface area (Å²) in [4.78, 5) is 65.9. The minimum absolute atomic E-state index is 0.0607. The number of aromatic nitrogens is 2. The number of nitrogens with one attached hydrogen (secondary N) is 1. The number of carbonyl (C=O) groups is 3. The van der Waals surface area contributed by atoms with E-state index in [4.69, 9.17) is 25.4 Å². The van der Waals surface area contributed by atoms with Crippen LogP contribution in [0.4, 0.5) is 4.39 Å². The minimum Gasteiger partial charge on any atom is -0.459 e. The molecule has 4 aromatic rings. The van der Waals surface area contributed by atoms with Crippen molar-refractivity contribution in [3.8, 4) is 12.3 Å². The van der Waals surface area contributed by atoms with E-state index in [1.807, 2.05) is 0 Å². The molecule has 0 unspecified atom stereocenters. The lowest BCUT2D eigenvalue weighted by atomic mass is 9.92. The van der Waals surface area contributed by atoms with Crippen LogP contribution < -0.4 is 11.2 Å². The lowest BCUT2D eigenvalue weighted by Gasteiger charge is -2.33. The first-order chi connectivity index (χ1) is 21.2. The summed E-state index contributed by atoms with van der Waals surface area (Å²) in [5.74, 6) is -1.75. The Kier molecular flexibility index (Phi) is 8.50. The lowest BCUT2D eigenvalue weighted by molar-refractivity contribution is -0.0784. The van der Waals surface area contributed by atoms with Crippen molar-refractivity contribution in [2.45, 2.75) is 24.0 Å². The van der Waals surface area contributed by atoms with Crippen LogP contribution in [0.1, 0.15) is 37.3 Å². The molecule has 5 rings (SSSR count). The zero-order valence-electron chi connectivity index (χ0n) is 22.8. The van der Waals surface area contributed by atoms with E-state index in [-0.39, 0.29) is 16.7 Å². The van der Waals surface area contributed by atoms with E-state index in [0.29, 0.717) is 10.8 Å². The molecule has 2 heterocycles. The first-order valence-corrected chi connectivity index (χ1v) is 13.1. The second kappa shape index (κ2) is 12.6. The molecule has 0 saturated carbocycles. The Morgan fingerprint density at radius 1 is 0.864 bits per heavy atom. The molecule has 1 aliphatic rings. The molecule has 11 nitrogen and oxygen atoms in total. The molecule has 0 amide bonds. The number of carbonyl (C=O) groups excluding carboxylic acids is 3. The summed E-state index contributed by atoms with van der Waals surface area (Å²) in [6, 6.07) is 23.3. The molecular formula is C32H23FN2O9. The number of halogens is 1. The van der Waals surface area contributed by atoms with E-state index in [9.17, 15) is 28.4 Å². The van der Waals surface area contributed by atoms with Gasteiger partial charge in [-0.1, -0.05) is 60.5 Å². The first kappa shape index (κ1) is 29.7. The summed E-state index contributed by atoms with van der Waals surface area (Å²) < 4.78 is 38.1. The molecule has 4 atom stereocenters. The van der Waals surface area contributed by atoms with Gasteiger partial charge in [-0.05, 0) is 36.4 Å². The standard InChI is InChI=1S/C32H23FN2O9/c1-2-32(44-30(39)22-16-10-5-11-17-22)24(19-41-28(37)20-12-6-3-7-13-20)42-27(35-18-23(33)26(36)34-31(35)40)25(32)43-29(38)21-14-8-4-9-15-21/h1,3-18,24-25,27H,19H2,(H,34,36,40)/t24-,25+,27-,32-/m1/s1. The van der Waals surface area contributed by atoms with E-state index < -0.39 is 65.6 Å². The van der Waals surface area contributed by atoms with Crippen molar-refractivity contribution in [1.82, 2.24) is 9.55 Å². The minimum atomic E-state index is -2.34. The second-order valence-electron chi connectivity index (χ2n) is 9.51. The largest absolute Gasteiger partial charge is 0.459 e. The number of hydrogen-bond donors (Lipinski definition) is 1. The number of nitrogens with zero attached hydrogens (tertiary/aromatic N) is 1. The second-order valence-corrected chi connectivity index (χ2v) is 9.51. The van der Waals surface area contributed by atoms with Gasteiger partial charge in [0.05, 0.1) is 22.9 Å². The quantitative estimate of drug-likeness (QED) is 0.184. The van der Waals surface area contributed by atoms with Crippen molar-refractivity contribution < 1.29 is 37.7 Å². The zero-order valence-corrected chi connectivity index (χ0v) is 22.8. The SMILES string of the molecule is C#C[C@@]1(OC(=O)c2ccccc2)[C@@H](COC(=O)c2ccccc2)O[C@@H](n2cc(F)c(=O)[nH]c2=O)[C@@H]1OC(=O)c1ccccc1. The highest BCUT2D eigenvalue weighted by Gasteiger charge is 2.63. The van der Waals surface area contributed by atoms with Crippen LogP contribution in [-0.2, 0) is 18.9 Å². The maximum Gasteiger partial charge on any atom is 0.339 e. The van der Waals surface area contributed by atoms with Gasteiger partial charge < -0.3 is 18.9 Å². The molecule has 0 radical (unpaired) electrons. The third-order valence-electron chi connectivity index (χ3n) is 6.78. The van der Waals surface area contributed by atoms with Crippen LogP contribution in [-0.4, -0.2) is 51.9 Å². The molecule has 44 heavy (non-hydrogen) atoms. The van der Waals surface area contributed by atoms with E-state index in [0.717, 1.165) is 0 Å². The molecule has 3 aromatic carbocycles. The van der Waals surface area contributed by atoms with Gasteiger partial charge in [0.25, 0.3) is 5.56 Å². The van der Waals surface area contributed by atoms with Crippen LogP contribution in [0.2, 0.25) is 0 Å². The molecule has 222 valence electrons. The van der Waals surface area contributed by atoms with Crippen molar-refractivity contribution in [2.24, 2.45) is 0 Å². The molecule has 0 bridgehead atoms. The average molecular weight is 599 g/mol. The van der Waals surface area contributed by atoms with Crippen LogP contribution >= 0.6 is 0 Å². The van der Waals surface area contributed by atoms with Crippen molar-refractivity contribution >= 4 is 17.9 Å². The smallest absolute Gasteiger partial charge is 0.339 e. The summed E-state index contributed by atoms with van der Waals surface area (Å²) >= 11 is 0. The molecule has 0 aliphatic carbocycles. The summed E-state index contributed by atoms with van der Waals surface area (Å²) in [5, 5.41) is 0. The van der Waals surface area contributed by atoms with E-state index in [1.54, 1.807) is 59.6 Å². The van der Waals surface area contributed by atoms with Gasteiger partial charge in [0.1, 0.15) is 12.7 Å². The number of terminal acetylenes is 1. The number of aromatic amines is 1. The fourth-order valence-electron chi connectivity index (χ4n) is 4.59. The first-order valence-electron chi connectivity index (χ1n) is 13.1. The van der Waals surface area contributed by atoms with Crippen LogP contribution in [0.5, 0.6) is 0 Å². The number of benzene rings is 3. The number of esters is 3. The van der Waals surface area contributed by atoms with Gasteiger partial charge in [0.15, 0.2) is 6.23 Å². The van der Waals surface area contributed by atoms with Gasteiger partial charge in [-0.25, -0.2) is 19.2 Å². The normalized spacial score (nSPS) is 20.7. The van der Waals surface area contributed by atoms with Crippen molar-refractivity contribution in [1.29, 1.82) is 0 Å². The van der Waals surface area contributed by atoms with Crippen LogP contribution in [0, 0.1) is 18.2 Å². The van der Waals surface area contributed by atoms with Crippen molar-refractivity contribution in [3.63, 3.8) is 0 Å². The van der Waals surface area contributed by atoms with Crippen LogP contribution in [0.15, 0.2) is 107 Å². The fraction of sp³-hybridized carbons (Fsp3) is 0.156. The van der Waals surface area contributed by atoms with Crippen molar-refractivity contribution in [3.05, 3.63) is 141 Å². The van der Waals surface area contributed by atoms with E-state index >= 15 is 0 Å². The third-order valence-corrected chi connectivity index (χ3v) is 6.78. The third kappa shape index (κ3) is 5.90. The number of H-pyrrole nitrogens is 1. The van der Waals surface area contributed by atoms with Crippen molar-refractivity contribution in [2.75, 3.05) is 6.61 Å². The van der Waals surface area contributed by atoms with Gasteiger partial charge in [0, 0.05) is 0 Å². The Labute approximate surface area is 248 Å². The molecule has 1 aliphatic heterocycles. The Balaban J connectivity index is 1.61. The Bertz CT molecular complexity index is 1830.